The van der Waals surface area contributed by atoms with Crippen molar-refractivity contribution in [3.05, 3.63) is 141 Å². The topological polar surface area (TPSA) is 66.2 Å². The summed E-state index contributed by atoms with van der Waals surface area (Å²) in [5.74, 6) is 0. The van der Waals surface area contributed by atoms with Crippen LogP contribution in [0.15, 0.2) is 109 Å². The molecule has 6 heteroatoms. The number of benzene rings is 2. The molecule has 2 N–H and O–H groups in total. The number of aliphatic hydroxyl groups is 2. The van der Waals surface area contributed by atoms with E-state index in [1.165, 1.54) is 57.7 Å². The quantitative estimate of drug-likeness (QED) is 0.114. The summed E-state index contributed by atoms with van der Waals surface area (Å²) in [7, 11) is 0. The van der Waals surface area contributed by atoms with Gasteiger partial charge < -0.3 is 10.2 Å². The molecule has 0 radical (unpaired) electrons. The van der Waals surface area contributed by atoms with E-state index in [1.54, 1.807) is 35.1 Å². The molecule has 0 aliphatic carbocycles. The van der Waals surface area contributed by atoms with E-state index >= 15 is 0 Å². The number of hydrogen-bond donors (Lipinski definition) is 2. The zero-order valence-electron chi connectivity index (χ0n) is 27.8. The van der Waals surface area contributed by atoms with Crippen LogP contribution in [0.4, 0.5) is 0 Å². The fourth-order valence-corrected chi connectivity index (χ4v) is 7.94. The van der Waals surface area contributed by atoms with Gasteiger partial charge in [-0.3, -0.25) is 9.97 Å². The molecule has 2 unspecified atom stereocenters. The monoisotopic (exact) mass is 672 g/mol. The van der Waals surface area contributed by atoms with Gasteiger partial charge in [0.1, 0.15) is 0 Å². The molecule has 48 heavy (non-hydrogen) atoms. The van der Waals surface area contributed by atoms with Crippen molar-refractivity contribution in [1.82, 2.24) is 9.97 Å². The summed E-state index contributed by atoms with van der Waals surface area (Å²) in [6, 6.07) is 33.8. The Balaban J connectivity index is 1.08. The Kier molecular flexibility index (Phi) is 11.6. The zero-order chi connectivity index (χ0) is 33.3. The number of nitrogens with zero attached hydrogens (tertiary/aromatic N) is 2. The normalized spacial score (nSPS) is 12.7. The lowest BCUT2D eigenvalue weighted by molar-refractivity contribution is 0.182. The number of pyridine rings is 2. The lowest BCUT2D eigenvalue weighted by atomic mass is 10.0. The van der Waals surface area contributed by atoms with Crippen molar-refractivity contribution < 1.29 is 10.2 Å². The van der Waals surface area contributed by atoms with Crippen LogP contribution in [-0.2, 0) is 25.7 Å². The average Bonchev–Trinajstić information content (AvgIpc) is 3.82. The third-order valence-electron chi connectivity index (χ3n) is 8.79. The summed E-state index contributed by atoms with van der Waals surface area (Å²) < 4.78 is 0. The summed E-state index contributed by atoms with van der Waals surface area (Å²) in [5.41, 5.74) is 8.63. The van der Waals surface area contributed by atoms with Crippen molar-refractivity contribution in [3.63, 3.8) is 0 Å². The Labute approximate surface area is 292 Å². The largest absolute Gasteiger partial charge is 0.387 e. The van der Waals surface area contributed by atoms with Crippen molar-refractivity contribution in [3.8, 4) is 32.3 Å². The average molecular weight is 673 g/mol. The van der Waals surface area contributed by atoms with Gasteiger partial charge in [-0.05, 0) is 108 Å². The minimum atomic E-state index is -0.605. The van der Waals surface area contributed by atoms with Gasteiger partial charge in [0.05, 0.1) is 23.6 Å². The first kappa shape index (κ1) is 33.9. The first-order valence-corrected chi connectivity index (χ1v) is 18.8. The highest BCUT2D eigenvalue weighted by molar-refractivity contribution is 7.15. The fraction of sp³-hybridized carbons (Fsp3) is 0.286. The van der Waals surface area contributed by atoms with E-state index < -0.39 is 12.2 Å². The van der Waals surface area contributed by atoms with Gasteiger partial charge in [0, 0.05) is 44.7 Å². The molecular formula is C42H44N2O2S2. The molecule has 2 atom stereocenters. The number of hydrogen-bond acceptors (Lipinski definition) is 6. The Morgan fingerprint density at radius 2 is 0.938 bits per heavy atom. The van der Waals surface area contributed by atoms with Gasteiger partial charge in [0.2, 0.25) is 0 Å². The molecule has 4 aromatic heterocycles. The van der Waals surface area contributed by atoms with E-state index in [9.17, 15) is 10.2 Å². The number of aryl methyl sites for hydroxylation is 2. The Morgan fingerprint density at radius 3 is 1.33 bits per heavy atom. The minimum absolute atomic E-state index is 0.492. The molecule has 0 bridgehead atoms. The van der Waals surface area contributed by atoms with Crippen LogP contribution in [0.1, 0.15) is 83.7 Å². The fourth-order valence-electron chi connectivity index (χ4n) is 5.94. The molecule has 6 rings (SSSR count). The van der Waals surface area contributed by atoms with E-state index in [-0.39, 0.29) is 0 Å². The molecule has 6 aromatic rings. The van der Waals surface area contributed by atoms with Crippen molar-refractivity contribution in [1.29, 1.82) is 0 Å². The van der Waals surface area contributed by atoms with Crippen LogP contribution in [0.5, 0.6) is 0 Å². The van der Waals surface area contributed by atoms with E-state index in [1.807, 2.05) is 36.4 Å². The predicted molar refractivity (Wildman–Crippen MR) is 202 cm³/mol. The smallest absolute Gasteiger partial charge is 0.0922 e. The highest BCUT2D eigenvalue weighted by Gasteiger charge is 2.16. The zero-order valence-corrected chi connectivity index (χ0v) is 29.4. The molecule has 0 aliphatic heterocycles. The first-order chi connectivity index (χ1) is 23.5. The van der Waals surface area contributed by atoms with Crippen LogP contribution < -0.4 is 0 Å². The lowest BCUT2D eigenvalue weighted by Crippen LogP contribution is -2.02. The van der Waals surface area contributed by atoms with Crippen molar-refractivity contribution in [2.45, 2.75) is 77.4 Å². The van der Waals surface area contributed by atoms with Crippen LogP contribution in [0.3, 0.4) is 0 Å². The molecule has 4 nitrogen and oxygen atoms in total. The molecule has 0 saturated carbocycles. The predicted octanol–water partition coefficient (Wildman–Crippen LogP) is 10.8. The number of aliphatic hydroxyl groups excluding tert-OH is 2. The number of aromatic nitrogens is 2. The maximum atomic E-state index is 11.2. The summed E-state index contributed by atoms with van der Waals surface area (Å²) >= 11 is 3.29. The van der Waals surface area contributed by atoms with Gasteiger partial charge >= 0.3 is 0 Å². The van der Waals surface area contributed by atoms with Gasteiger partial charge in [0.15, 0.2) is 0 Å². The summed E-state index contributed by atoms with van der Waals surface area (Å²) in [5, 5.41) is 22.3. The summed E-state index contributed by atoms with van der Waals surface area (Å²) in [6.07, 6.45) is 10.4. The van der Waals surface area contributed by atoms with Gasteiger partial charge in [0.25, 0.3) is 0 Å². The SMILES string of the molecule is CCCCc1ccc(-c2ccc(C(O)Cc3ccnc(-c4cc(CC(O)c5ccc(-c6ccc(CCCC)cc6)s5)ccn4)c3)s2)cc1. The second-order valence-electron chi connectivity index (χ2n) is 12.5. The van der Waals surface area contributed by atoms with Crippen LogP contribution >= 0.6 is 22.7 Å². The Morgan fingerprint density at radius 1 is 0.521 bits per heavy atom. The van der Waals surface area contributed by atoms with Gasteiger partial charge in [-0.25, -0.2) is 0 Å². The molecule has 246 valence electrons. The molecule has 0 fully saturated rings. The van der Waals surface area contributed by atoms with Crippen molar-refractivity contribution in [2.24, 2.45) is 0 Å². The minimum Gasteiger partial charge on any atom is -0.387 e. The van der Waals surface area contributed by atoms with Gasteiger partial charge in [-0.15, -0.1) is 22.7 Å². The maximum absolute atomic E-state index is 11.2. The van der Waals surface area contributed by atoms with E-state index in [0.717, 1.165) is 45.1 Å². The Bertz CT molecular complexity index is 1750. The highest BCUT2D eigenvalue weighted by Crippen LogP contribution is 2.35. The van der Waals surface area contributed by atoms with E-state index in [2.05, 4.69) is 84.5 Å². The lowest BCUT2D eigenvalue weighted by Gasteiger charge is -2.11. The van der Waals surface area contributed by atoms with Crippen molar-refractivity contribution >= 4 is 22.7 Å². The third kappa shape index (κ3) is 8.74. The molecule has 2 aromatic carbocycles. The third-order valence-corrected chi connectivity index (χ3v) is 11.3. The second kappa shape index (κ2) is 16.4. The molecule has 0 saturated heterocycles. The molecule has 0 spiro atoms. The van der Waals surface area contributed by atoms with E-state index in [0.29, 0.717) is 12.8 Å². The van der Waals surface area contributed by atoms with Crippen LogP contribution in [-0.4, -0.2) is 20.2 Å². The molecule has 0 amide bonds. The van der Waals surface area contributed by atoms with Crippen LogP contribution in [0.2, 0.25) is 0 Å². The number of rotatable bonds is 15. The second-order valence-corrected chi connectivity index (χ2v) is 14.8. The molecule has 0 aliphatic rings. The Hall–Kier alpha value is -3.94. The first-order valence-electron chi connectivity index (χ1n) is 17.1. The van der Waals surface area contributed by atoms with Crippen LogP contribution in [0.25, 0.3) is 32.3 Å². The molecule has 4 heterocycles. The summed E-state index contributed by atoms with van der Waals surface area (Å²) in [6.45, 7) is 4.44. The highest BCUT2D eigenvalue weighted by atomic mass is 32.1. The number of unbranched alkanes of at least 4 members (excludes halogenated alkanes) is 2. The van der Waals surface area contributed by atoms with Gasteiger partial charge in [-0.2, -0.15) is 0 Å². The van der Waals surface area contributed by atoms with Crippen molar-refractivity contribution in [2.75, 3.05) is 0 Å². The van der Waals surface area contributed by atoms with Gasteiger partial charge in [-0.1, -0.05) is 75.2 Å². The van der Waals surface area contributed by atoms with E-state index in [4.69, 9.17) is 0 Å². The standard InChI is InChI=1S/C42H44N2O2S2/c1-3-5-7-29-9-13-33(14-10-29)39-17-19-41(47-39)37(45)27-31-21-23-43-35(25-31)36-26-32(22-24-44-36)28-38(46)42-20-18-40(48-42)34-15-11-30(12-16-34)8-6-4-2/h9-26,37-38,45-46H,3-8,27-28H2,1-2H3. The number of thiophene rings is 2. The molecular weight excluding hydrogens is 629 g/mol. The summed E-state index contributed by atoms with van der Waals surface area (Å²) in [4.78, 5) is 13.4. The van der Waals surface area contributed by atoms with Crippen LogP contribution in [0, 0.1) is 0 Å². The maximum Gasteiger partial charge on any atom is 0.0922 e.